The zero-order valence-corrected chi connectivity index (χ0v) is 12.3. The van der Waals surface area contributed by atoms with Crippen LogP contribution in [0.3, 0.4) is 0 Å². The molecular weight excluding hydrogens is 282 g/mol. The number of ether oxygens (including phenoxy) is 2. The molecule has 0 bridgehead atoms. The van der Waals surface area contributed by atoms with Gasteiger partial charge in [0.05, 0.1) is 12.2 Å². The van der Waals surface area contributed by atoms with Crippen LogP contribution in [0.15, 0.2) is 36.4 Å². The molecule has 2 aromatic carbocycles. The van der Waals surface area contributed by atoms with Gasteiger partial charge in [-0.25, -0.2) is 4.79 Å². The van der Waals surface area contributed by atoms with Crippen LogP contribution in [-0.2, 0) is 0 Å². The number of nitriles is 1. The van der Waals surface area contributed by atoms with Gasteiger partial charge in [-0.3, -0.25) is 0 Å². The molecule has 0 saturated carbocycles. The number of benzene rings is 2. The molecular formula is C17H15NO4. The quantitative estimate of drug-likeness (QED) is 0.909. The van der Waals surface area contributed by atoms with Crippen LogP contribution in [0.2, 0.25) is 0 Å². The summed E-state index contributed by atoms with van der Waals surface area (Å²) in [4.78, 5) is 11.1. The molecule has 1 N–H and O–H groups in total. The van der Waals surface area contributed by atoms with E-state index in [1.54, 1.807) is 37.3 Å². The Labute approximate surface area is 128 Å². The summed E-state index contributed by atoms with van der Waals surface area (Å²) in [5.41, 5.74) is 1.17. The lowest BCUT2D eigenvalue weighted by atomic mass is 10.1. The Hall–Kier alpha value is -3.00. The lowest BCUT2D eigenvalue weighted by Gasteiger charge is -2.12. The van der Waals surface area contributed by atoms with E-state index in [0.717, 1.165) is 5.56 Å². The van der Waals surface area contributed by atoms with Crippen LogP contribution < -0.4 is 9.47 Å². The van der Waals surface area contributed by atoms with Crippen LogP contribution in [-0.4, -0.2) is 17.7 Å². The maximum atomic E-state index is 11.1. The number of rotatable bonds is 5. The third-order valence-electron chi connectivity index (χ3n) is 2.93. The first-order chi connectivity index (χ1) is 10.5. The SMILES string of the molecule is CCOc1cccc(Oc2cc(C)cc(C(=O)O)c2)c1C#N. The monoisotopic (exact) mass is 297 g/mol. The van der Waals surface area contributed by atoms with Crippen LogP contribution in [0.4, 0.5) is 0 Å². The molecule has 5 nitrogen and oxygen atoms in total. The fraction of sp³-hybridized carbons (Fsp3) is 0.176. The van der Waals surface area contributed by atoms with Crippen molar-refractivity contribution in [2.45, 2.75) is 13.8 Å². The van der Waals surface area contributed by atoms with Crippen molar-refractivity contribution in [2.75, 3.05) is 6.61 Å². The largest absolute Gasteiger partial charge is 0.492 e. The highest BCUT2D eigenvalue weighted by molar-refractivity contribution is 5.88. The summed E-state index contributed by atoms with van der Waals surface area (Å²) in [6, 6.07) is 11.8. The van der Waals surface area contributed by atoms with Crippen molar-refractivity contribution in [1.29, 1.82) is 5.26 Å². The van der Waals surface area contributed by atoms with Crippen LogP contribution >= 0.6 is 0 Å². The van der Waals surface area contributed by atoms with Gasteiger partial charge in [-0.05, 0) is 49.7 Å². The molecule has 0 atom stereocenters. The summed E-state index contributed by atoms with van der Waals surface area (Å²) in [6.45, 7) is 4.04. The van der Waals surface area contributed by atoms with E-state index in [-0.39, 0.29) is 11.1 Å². The van der Waals surface area contributed by atoms with Crippen molar-refractivity contribution < 1.29 is 19.4 Å². The average molecular weight is 297 g/mol. The van der Waals surface area contributed by atoms with E-state index in [9.17, 15) is 10.1 Å². The van der Waals surface area contributed by atoms with Gasteiger partial charge in [-0.1, -0.05) is 6.07 Å². The van der Waals surface area contributed by atoms with E-state index in [2.05, 4.69) is 6.07 Å². The van der Waals surface area contributed by atoms with Gasteiger partial charge < -0.3 is 14.6 Å². The van der Waals surface area contributed by atoms with Crippen molar-refractivity contribution >= 4 is 5.97 Å². The fourth-order valence-corrected chi connectivity index (χ4v) is 2.04. The van der Waals surface area contributed by atoms with Gasteiger partial charge in [0, 0.05) is 0 Å². The zero-order valence-electron chi connectivity index (χ0n) is 12.3. The van der Waals surface area contributed by atoms with Crippen molar-refractivity contribution in [3.8, 4) is 23.3 Å². The van der Waals surface area contributed by atoms with Crippen LogP contribution in [0.5, 0.6) is 17.2 Å². The summed E-state index contributed by atoms with van der Waals surface area (Å²) in [5.74, 6) is 0.101. The molecule has 0 aliphatic heterocycles. The predicted molar refractivity (Wildman–Crippen MR) is 80.5 cm³/mol. The molecule has 112 valence electrons. The minimum absolute atomic E-state index is 0.134. The van der Waals surface area contributed by atoms with Gasteiger partial charge in [-0.2, -0.15) is 5.26 Å². The first-order valence-corrected chi connectivity index (χ1v) is 6.74. The summed E-state index contributed by atoms with van der Waals surface area (Å²) in [6.07, 6.45) is 0. The van der Waals surface area contributed by atoms with Crippen LogP contribution in [0, 0.1) is 18.3 Å². The summed E-state index contributed by atoms with van der Waals surface area (Å²) < 4.78 is 11.1. The average Bonchev–Trinajstić information content (AvgIpc) is 2.47. The van der Waals surface area contributed by atoms with E-state index >= 15 is 0 Å². The number of hydrogen-bond donors (Lipinski definition) is 1. The third kappa shape index (κ3) is 3.36. The molecule has 0 aromatic heterocycles. The molecule has 2 aromatic rings. The Bertz CT molecular complexity index is 747. The van der Waals surface area contributed by atoms with Gasteiger partial charge >= 0.3 is 5.97 Å². The third-order valence-corrected chi connectivity index (χ3v) is 2.93. The van der Waals surface area contributed by atoms with Gasteiger partial charge in [0.15, 0.2) is 0 Å². The van der Waals surface area contributed by atoms with Crippen LogP contribution in [0.25, 0.3) is 0 Å². The van der Waals surface area contributed by atoms with Crippen molar-refractivity contribution in [3.05, 3.63) is 53.1 Å². The molecule has 0 aliphatic carbocycles. The summed E-state index contributed by atoms with van der Waals surface area (Å²) >= 11 is 0. The molecule has 0 amide bonds. The van der Waals surface area contributed by atoms with Gasteiger partial charge in [0.25, 0.3) is 0 Å². The van der Waals surface area contributed by atoms with E-state index in [1.807, 2.05) is 6.92 Å². The Morgan fingerprint density at radius 3 is 2.64 bits per heavy atom. The predicted octanol–water partition coefficient (Wildman–Crippen LogP) is 3.76. The number of nitrogens with zero attached hydrogens (tertiary/aromatic N) is 1. The number of carboxylic acids is 1. The molecule has 0 unspecified atom stereocenters. The number of carboxylic acid groups (broad SMARTS) is 1. The minimum atomic E-state index is -1.03. The highest BCUT2D eigenvalue weighted by Crippen LogP contribution is 2.32. The molecule has 2 rings (SSSR count). The van der Waals surface area contributed by atoms with E-state index in [4.69, 9.17) is 14.6 Å². The number of hydrogen-bond acceptors (Lipinski definition) is 4. The van der Waals surface area contributed by atoms with Crippen molar-refractivity contribution in [2.24, 2.45) is 0 Å². The van der Waals surface area contributed by atoms with Gasteiger partial charge in [0.1, 0.15) is 28.9 Å². The molecule has 0 saturated heterocycles. The number of carbonyl (C=O) groups is 1. The van der Waals surface area contributed by atoms with Gasteiger partial charge in [0.2, 0.25) is 0 Å². The Kier molecular flexibility index (Phi) is 4.64. The topological polar surface area (TPSA) is 79.6 Å². The first kappa shape index (κ1) is 15.4. The minimum Gasteiger partial charge on any atom is -0.492 e. The van der Waals surface area contributed by atoms with Crippen molar-refractivity contribution in [3.63, 3.8) is 0 Å². The second-order valence-corrected chi connectivity index (χ2v) is 4.62. The first-order valence-electron chi connectivity index (χ1n) is 6.74. The smallest absolute Gasteiger partial charge is 0.335 e. The molecule has 0 aliphatic rings. The van der Waals surface area contributed by atoms with Crippen molar-refractivity contribution in [1.82, 2.24) is 0 Å². The summed E-state index contributed by atoms with van der Waals surface area (Å²) in [7, 11) is 0. The van der Waals surface area contributed by atoms with E-state index < -0.39 is 5.97 Å². The highest BCUT2D eigenvalue weighted by Gasteiger charge is 2.13. The number of aryl methyl sites for hydroxylation is 1. The molecule has 0 radical (unpaired) electrons. The lowest BCUT2D eigenvalue weighted by Crippen LogP contribution is -1.99. The van der Waals surface area contributed by atoms with Gasteiger partial charge in [-0.15, -0.1) is 0 Å². The zero-order chi connectivity index (χ0) is 16.1. The molecule has 0 heterocycles. The number of aromatic carboxylic acids is 1. The normalized spacial score (nSPS) is 9.86. The maximum absolute atomic E-state index is 11.1. The molecule has 0 fully saturated rings. The molecule has 0 spiro atoms. The standard InChI is InChI=1S/C17H15NO4/c1-3-21-15-5-4-6-16(14(15)10-18)22-13-8-11(2)7-12(9-13)17(19)20/h4-9H,3H2,1-2H3,(H,19,20). The molecule has 22 heavy (non-hydrogen) atoms. The van der Waals surface area contributed by atoms with E-state index in [0.29, 0.717) is 23.9 Å². The summed E-state index contributed by atoms with van der Waals surface area (Å²) in [5, 5.41) is 18.4. The second-order valence-electron chi connectivity index (χ2n) is 4.62. The Morgan fingerprint density at radius 2 is 2.00 bits per heavy atom. The maximum Gasteiger partial charge on any atom is 0.335 e. The highest BCUT2D eigenvalue weighted by atomic mass is 16.5. The Morgan fingerprint density at radius 1 is 1.27 bits per heavy atom. The second kappa shape index (κ2) is 6.64. The Balaban J connectivity index is 2.41. The fourth-order valence-electron chi connectivity index (χ4n) is 2.04. The van der Waals surface area contributed by atoms with E-state index in [1.165, 1.54) is 6.07 Å². The molecule has 5 heteroatoms. The van der Waals surface area contributed by atoms with Crippen LogP contribution in [0.1, 0.15) is 28.4 Å². The lowest BCUT2D eigenvalue weighted by molar-refractivity contribution is 0.0696.